The number of hydrogen-bond acceptors (Lipinski definition) is 0. The quantitative estimate of drug-likeness (QED) is 0.384. The maximum Gasteiger partial charge on any atom is -0.0105 e. The fourth-order valence-electron chi connectivity index (χ4n) is 3.97. The Morgan fingerprint density at radius 2 is 1.31 bits per heavy atom. The smallest absolute Gasteiger partial charge is 0.0105 e. The molecule has 0 fully saturated rings. The highest BCUT2D eigenvalue weighted by Gasteiger charge is 2.15. The third-order valence-corrected chi connectivity index (χ3v) is 5.48. The molecule has 0 atom stereocenters. The second-order valence-corrected chi connectivity index (χ2v) is 7.38. The average Bonchev–Trinajstić information content (AvgIpc) is 2.68. The summed E-state index contributed by atoms with van der Waals surface area (Å²) in [5, 5.41) is 2.89. The van der Waals surface area contributed by atoms with Crippen molar-refractivity contribution in [3.8, 4) is 0 Å². The lowest BCUT2D eigenvalue weighted by Gasteiger charge is -2.20. The van der Waals surface area contributed by atoms with Gasteiger partial charge in [-0.25, -0.2) is 0 Å². The molecule has 2 aromatic carbocycles. The van der Waals surface area contributed by atoms with Gasteiger partial charge in [-0.3, -0.25) is 0 Å². The van der Waals surface area contributed by atoms with Crippen LogP contribution in [0.3, 0.4) is 0 Å². The van der Waals surface area contributed by atoms with E-state index in [9.17, 15) is 0 Å². The fraction of sp³-hybridized carbons (Fsp3) is 0.462. The van der Waals surface area contributed by atoms with Crippen LogP contribution in [-0.4, -0.2) is 0 Å². The Bertz CT molecular complexity index is 748. The third-order valence-electron chi connectivity index (χ3n) is 5.48. The fourth-order valence-corrected chi connectivity index (χ4v) is 3.97. The van der Waals surface area contributed by atoms with Gasteiger partial charge in [-0.05, 0) is 83.2 Å². The Labute approximate surface area is 161 Å². The molecule has 0 bridgehead atoms. The number of aryl methyl sites for hydroxylation is 3. The van der Waals surface area contributed by atoms with Crippen LogP contribution in [0.1, 0.15) is 87.1 Å². The van der Waals surface area contributed by atoms with E-state index in [1.165, 1.54) is 78.8 Å². The lowest BCUT2D eigenvalue weighted by atomic mass is 9.84. The van der Waals surface area contributed by atoms with Crippen LogP contribution in [0, 0.1) is 0 Å². The van der Waals surface area contributed by atoms with E-state index in [1.54, 1.807) is 11.1 Å². The van der Waals surface area contributed by atoms with Gasteiger partial charge in [0.1, 0.15) is 0 Å². The van der Waals surface area contributed by atoms with Gasteiger partial charge in [0, 0.05) is 0 Å². The Balaban J connectivity index is 2.80. The molecular weight excluding hydrogens is 312 g/mol. The first-order valence-electron chi connectivity index (χ1n) is 10.6. The van der Waals surface area contributed by atoms with Crippen molar-refractivity contribution < 1.29 is 0 Å². The van der Waals surface area contributed by atoms with E-state index in [0.29, 0.717) is 0 Å². The largest absolute Gasteiger partial charge is 0.0985 e. The molecule has 0 heteroatoms. The molecule has 0 saturated heterocycles. The van der Waals surface area contributed by atoms with E-state index in [1.807, 2.05) is 12.2 Å². The van der Waals surface area contributed by atoms with Crippen LogP contribution in [0.5, 0.6) is 0 Å². The molecule has 0 nitrogen and oxygen atoms in total. The molecular formula is C26H36. The van der Waals surface area contributed by atoms with Crippen molar-refractivity contribution in [3.63, 3.8) is 0 Å². The van der Waals surface area contributed by atoms with Crippen LogP contribution in [0.15, 0.2) is 31.4 Å². The molecule has 0 N–H and O–H groups in total. The summed E-state index contributed by atoms with van der Waals surface area (Å²) in [6.45, 7) is 15.0. The predicted molar refractivity (Wildman–Crippen MR) is 120 cm³/mol. The first kappa shape index (κ1) is 20.5. The normalized spacial score (nSPS) is 11.0. The van der Waals surface area contributed by atoms with Crippen molar-refractivity contribution in [2.45, 2.75) is 78.6 Å². The molecule has 140 valence electrons. The van der Waals surface area contributed by atoms with Gasteiger partial charge >= 0.3 is 0 Å². The molecule has 26 heavy (non-hydrogen) atoms. The Kier molecular flexibility index (Phi) is 8.16. The Morgan fingerprint density at radius 1 is 0.731 bits per heavy atom. The average molecular weight is 349 g/mol. The molecule has 0 unspecified atom stereocenters. The highest BCUT2D eigenvalue weighted by molar-refractivity contribution is 5.98. The third kappa shape index (κ3) is 4.47. The summed E-state index contributed by atoms with van der Waals surface area (Å²) in [6, 6.07) is 7.00. The molecule has 0 heterocycles. The summed E-state index contributed by atoms with van der Waals surface area (Å²) in [7, 11) is 0. The SMILES string of the molecule is C=Cc1cc(C=C)c2ccc(CCCC)c(CCCC)c2c1CCCC. The second-order valence-electron chi connectivity index (χ2n) is 7.38. The van der Waals surface area contributed by atoms with Crippen molar-refractivity contribution in [2.24, 2.45) is 0 Å². The second kappa shape index (κ2) is 10.4. The summed E-state index contributed by atoms with van der Waals surface area (Å²) in [6.07, 6.45) is 15.0. The first-order chi connectivity index (χ1) is 12.7. The zero-order valence-electron chi connectivity index (χ0n) is 17.2. The van der Waals surface area contributed by atoms with Crippen molar-refractivity contribution in [2.75, 3.05) is 0 Å². The summed E-state index contributed by atoms with van der Waals surface area (Å²) >= 11 is 0. The summed E-state index contributed by atoms with van der Waals surface area (Å²) in [5.41, 5.74) is 7.20. The van der Waals surface area contributed by atoms with E-state index in [4.69, 9.17) is 0 Å². The maximum absolute atomic E-state index is 4.11. The predicted octanol–water partition coefficient (Wildman–Crippen LogP) is 8.15. The van der Waals surface area contributed by atoms with E-state index < -0.39 is 0 Å². The minimum absolute atomic E-state index is 1.14. The van der Waals surface area contributed by atoms with Crippen molar-refractivity contribution in [1.82, 2.24) is 0 Å². The van der Waals surface area contributed by atoms with Gasteiger partial charge in [-0.15, -0.1) is 0 Å². The van der Waals surface area contributed by atoms with Crippen LogP contribution in [0.25, 0.3) is 22.9 Å². The summed E-state index contributed by atoms with van der Waals surface area (Å²) in [4.78, 5) is 0. The molecule has 0 spiro atoms. The van der Waals surface area contributed by atoms with Crippen molar-refractivity contribution >= 4 is 22.9 Å². The molecule has 0 aromatic heterocycles. The zero-order chi connectivity index (χ0) is 18.9. The maximum atomic E-state index is 4.11. The number of unbranched alkanes of at least 4 members (excludes halogenated alkanes) is 3. The molecule has 0 saturated carbocycles. The van der Waals surface area contributed by atoms with Crippen molar-refractivity contribution in [3.05, 3.63) is 59.2 Å². The molecule has 0 aliphatic heterocycles. The van der Waals surface area contributed by atoms with Crippen molar-refractivity contribution in [1.29, 1.82) is 0 Å². The van der Waals surface area contributed by atoms with Gasteiger partial charge in [0.25, 0.3) is 0 Å². The topological polar surface area (TPSA) is 0 Å². The van der Waals surface area contributed by atoms with Crippen LogP contribution < -0.4 is 0 Å². The van der Waals surface area contributed by atoms with Gasteiger partial charge < -0.3 is 0 Å². The Hall–Kier alpha value is -1.82. The van der Waals surface area contributed by atoms with E-state index in [2.05, 4.69) is 52.1 Å². The van der Waals surface area contributed by atoms with Gasteiger partial charge in [0.05, 0.1) is 0 Å². The molecule has 0 amide bonds. The van der Waals surface area contributed by atoms with Gasteiger partial charge in [-0.1, -0.05) is 77.5 Å². The molecule has 2 rings (SSSR count). The van der Waals surface area contributed by atoms with E-state index >= 15 is 0 Å². The summed E-state index contributed by atoms with van der Waals surface area (Å²) < 4.78 is 0. The van der Waals surface area contributed by atoms with Crippen LogP contribution in [0.4, 0.5) is 0 Å². The minimum atomic E-state index is 1.14. The highest BCUT2D eigenvalue weighted by atomic mass is 14.2. The molecule has 0 aliphatic carbocycles. The zero-order valence-corrected chi connectivity index (χ0v) is 17.2. The van der Waals surface area contributed by atoms with Gasteiger partial charge in [0.15, 0.2) is 0 Å². The number of rotatable bonds is 11. The lowest BCUT2D eigenvalue weighted by Crippen LogP contribution is -2.02. The Morgan fingerprint density at radius 3 is 1.88 bits per heavy atom. The molecule has 2 aromatic rings. The molecule has 0 aliphatic rings. The monoisotopic (exact) mass is 348 g/mol. The number of fused-ring (bicyclic) bond motifs is 1. The van der Waals surface area contributed by atoms with Crippen LogP contribution in [0.2, 0.25) is 0 Å². The standard InChI is InChI=1S/C26H36/c1-6-11-14-22-17-18-25-21(10-5)19-20(9-4)23(15-12-7-2)26(25)24(22)16-13-8-3/h9-10,17-19H,4-8,11-16H2,1-3H3. The van der Waals surface area contributed by atoms with Crippen LogP contribution in [-0.2, 0) is 19.3 Å². The van der Waals surface area contributed by atoms with Gasteiger partial charge in [-0.2, -0.15) is 0 Å². The lowest BCUT2D eigenvalue weighted by molar-refractivity contribution is 0.759. The highest BCUT2D eigenvalue weighted by Crippen LogP contribution is 2.35. The van der Waals surface area contributed by atoms with E-state index in [-0.39, 0.29) is 0 Å². The minimum Gasteiger partial charge on any atom is -0.0985 e. The van der Waals surface area contributed by atoms with Gasteiger partial charge in [0.2, 0.25) is 0 Å². The first-order valence-corrected chi connectivity index (χ1v) is 10.6. The number of benzene rings is 2. The number of hydrogen-bond donors (Lipinski definition) is 0. The molecule has 0 radical (unpaired) electrons. The van der Waals surface area contributed by atoms with Crippen LogP contribution >= 0.6 is 0 Å². The van der Waals surface area contributed by atoms with E-state index in [0.717, 1.165) is 6.42 Å². The summed E-state index contributed by atoms with van der Waals surface area (Å²) in [5.74, 6) is 0.